The van der Waals surface area contributed by atoms with E-state index < -0.39 is 0 Å². The van der Waals surface area contributed by atoms with Crippen LogP contribution in [0.4, 0.5) is 0 Å². The van der Waals surface area contributed by atoms with Gasteiger partial charge in [-0.25, -0.2) is 0 Å². The van der Waals surface area contributed by atoms with E-state index in [0.29, 0.717) is 0 Å². The van der Waals surface area contributed by atoms with E-state index in [4.69, 9.17) is 0 Å². The zero-order valence-electron chi connectivity index (χ0n) is 13.1. The molecule has 2 atom stereocenters. The molecule has 1 heteroatoms. The lowest BCUT2D eigenvalue weighted by Gasteiger charge is -2.35. The van der Waals surface area contributed by atoms with Crippen LogP contribution < -0.4 is 5.32 Å². The van der Waals surface area contributed by atoms with E-state index >= 15 is 0 Å². The molecule has 0 heterocycles. The summed E-state index contributed by atoms with van der Waals surface area (Å²) in [6.45, 7) is 16.4. The minimum absolute atomic E-state index is 0.856. The molecule has 1 N–H and O–H groups in total. The van der Waals surface area contributed by atoms with Crippen LogP contribution in [0, 0.1) is 23.7 Å². The Hall–Kier alpha value is -0.0400. The molecule has 0 aromatic rings. The Morgan fingerprint density at radius 1 is 0.765 bits per heavy atom. The van der Waals surface area contributed by atoms with Gasteiger partial charge in [-0.15, -0.1) is 0 Å². The maximum atomic E-state index is 3.58. The molecule has 0 aromatic carbocycles. The molecule has 0 saturated heterocycles. The van der Waals surface area contributed by atoms with Gasteiger partial charge in [-0.2, -0.15) is 0 Å². The predicted octanol–water partition coefficient (Wildman–Crippen LogP) is 4.72. The minimum Gasteiger partial charge on any atom is -0.317 e. The van der Waals surface area contributed by atoms with Crippen LogP contribution in [0.25, 0.3) is 0 Å². The molecule has 0 saturated carbocycles. The lowest BCUT2D eigenvalue weighted by Crippen LogP contribution is -2.35. The van der Waals surface area contributed by atoms with Crippen molar-refractivity contribution < 1.29 is 0 Å². The van der Waals surface area contributed by atoms with Crippen molar-refractivity contribution in [2.24, 2.45) is 23.7 Å². The lowest BCUT2D eigenvalue weighted by molar-refractivity contribution is 0.156. The molecule has 0 radical (unpaired) electrons. The predicted molar refractivity (Wildman–Crippen MR) is 79.3 cm³/mol. The third-order valence-corrected chi connectivity index (χ3v) is 4.75. The van der Waals surface area contributed by atoms with Crippen LogP contribution in [0.2, 0.25) is 0 Å². The molecule has 2 unspecified atom stereocenters. The molecule has 0 aliphatic heterocycles. The molecular weight excluding hydrogens is 206 g/mol. The van der Waals surface area contributed by atoms with E-state index in [2.05, 4.69) is 46.9 Å². The SMILES string of the molecule is CCNCC(C(CC)CC)C(C)C(CC)CC. The number of hydrogen-bond acceptors (Lipinski definition) is 1. The maximum absolute atomic E-state index is 3.58. The van der Waals surface area contributed by atoms with Gasteiger partial charge in [0.1, 0.15) is 0 Å². The Morgan fingerprint density at radius 2 is 1.24 bits per heavy atom. The average Bonchev–Trinajstić information content (AvgIpc) is 2.35. The summed E-state index contributed by atoms with van der Waals surface area (Å²) in [5.41, 5.74) is 0. The fourth-order valence-electron chi connectivity index (χ4n) is 3.37. The van der Waals surface area contributed by atoms with Gasteiger partial charge in [0.25, 0.3) is 0 Å². The van der Waals surface area contributed by atoms with E-state index in [-0.39, 0.29) is 0 Å². The summed E-state index contributed by atoms with van der Waals surface area (Å²) in [6, 6.07) is 0. The van der Waals surface area contributed by atoms with Crippen molar-refractivity contribution >= 4 is 0 Å². The first-order chi connectivity index (χ1) is 8.15. The Morgan fingerprint density at radius 3 is 1.59 bits per heavy atom. The van der Waals surface area contributed by atoms with Crippen LogP contribution in [-0.2, 0) is 0 Å². The van der Waals surface area contributed by atoms with Crippen molar-refractivity contribution in [2.45, 2.75) is 67.2 Å². The monoisotopic (exact) mass is 241 g/mol. The fraction of sp³-hybridized carbons (Fsp3) is 1.00. The lowest BCUT2D eigenvalue weighted by atomic mass is 9.72. The summed E-state index contributed by atoms with van der Waals surface area (Å²) in [4.78, 5) is 0. The van der Waals surface area contributed by atoms with E-state index in [1.54, 1.807) is 0 Å². The first-order valence-corrected chi connectivity index (χ1v) is 7.86. The second-order valence-corrected chi connectivity index (χ2v) is 5.48. The Balaban J connectivity index is 4.62. The highest BCUT2D eigenvalue weighted by molar-refractivity contribution is 4.79. The highest BCUT2D eigenvalue weighted by Crippen LogP contribution is 2.33. The van der Waals surface area contributed by atoms with Gasteiger partial charge in [0.2, 0.25) is 0 Å². The van der Waals surface area contributed by atoms with E-state index in [9.17, 15) is 0 Å². The van der Waals surface area contributed by atoms with Crippen LogP contribution in [0.1, 0.15) is 67.2 Å². The van der Waals surface area contributed by atoms with Gasteiger partial charge >= 0.3 is 0 Å². The van der Waals surface area contributed by atoms with Crippen LogP contribution in [0.3, 0.4) is 0 Å². The largest absolute Gasteiger partial charge is 0.317 e. The molecule has 17 heavy (non-hydrogen) atoms. The minimum atomic E-state index is 0.856. The van der Waals surface area contributed by atoms with E-state index in [0.717, 1.165) is 30.2 Å². The molecule has 104 valence electrons. The van der Waals surface area contributed by atoms with Crippen molar-refractivity contribution in [3.05, 3.63) is 0 Å². The summed E-state index contributed by atoms with van der Waals surface area (Å²) in [6.07, 6.45) is 5.33. The fourth-order valence-corrected chi connectivity index (χ4v) is 3.37. The van der Waals surface area contributed by atoms with Gasteiger partial charge in [0.15, 0.2) is 0 Å². The number of nitrogens with one attached hydrogen (secondary N) is 1. The summed E-state index contributed by atoms with van der Waals surface area (Å²) >= 11 is 0. The molecule has 0 aromatic heterocycles. The molecule has 0 aliphatic rings. The standard InChI is InChI=1S/C16H35N/c1-7-14(8-2)13(6)16(12-17-11-5)15(9-3)10-4/h13-17H,7-12H2,1-6H3. The average molecular weight is 241 g/mol. The Bertz CT molecular complexity index is 159. The quantitative estimate of drug-likeness (QED) is 0.583. The van der Waals surface area contributed by atoms with Crippen molar-refractivity contribution in [1.29, 1.82) is 0 Å². The van der Waals surface area contributed by atoms with Gasteiger partial charge < -0.3 is 5.32 Å². The third-order valence-electron chi connectivity index (χ3n) is 4.75. The van der Waals surface area contributed by atoms with Crippen molar-refractivity contribution in [3.63, 3.8) is 0 Å². The van der Waals surface area contributed by atoms with Crippen molar-refractivity contribution in [2.75, 3.05) is 13.1 Å². The van der Waals surface area contributed by atoms with Crippen LogP contribution in [0.15, 0.2) is 0 Å². The van der Waals surface area contributed by atoms with E-state index in [1.807, 2.05) is 0 Å². The topological polar surface area (TPSA) is 12.0 Å². The number of rotatable bonds is 10. The van der Waals surface area contributed by atoms with E-state index in [1.165, 1.54) is 32.2 Å². The first-order valence-electron chi connectivity index (χ1n) is 7.86. The van der Waals surface area contributed by atoms with Gasteiger partial charge in [-0.05, 0) is 36.8 Å². The smallest absolute Gasteiger partial charge is 0.00153 e. The summed E-state index contributed by atoms with van der Waals surface area (Å²) < 4.78 is 0. The van der Waals surface area contributed by atoms with Gasteiger partial charge in [0, 0.05) is 0 Å². The van der Waals surface area contributed by atoms with Gasteiger partial charge in [-0.3, -0.25) is 0 Å². The third kappa shape index (κ3) is 5.42. The molecule has 0 aliphatic carbocycles. The van der Waals surface area contributed by atoms with Crippen LogP contribution >= 0.6 is 0 Å². The molecule has 0 amide bonds. The van der Waals surface area contributed by atoms with Crippen molar-refractivity contribution in [3.8, 4) is 0 Å². The Labute approximate surface area is 110 Å². The molecule has 0 spiro atoms. The highest BCUT2D eigenvalue weighted by Gasteiger charge is 2.28. The van der Waals surface area contributed by atoms with Crippen LogP contribution in [-0.4, -0.2) is 13.1 Å². The van der Waals surface area contributed by atoms with Crippen molar-refractivity contribution in [1.82, 2.24) is 5.32 Å². The zero-order valence-corrected chi connectivity index (χ0v) is 13.1. The van der Waals surface area contributed by atoms with Gasteiger partial charge in [0.05, 0.1) is 0 Å². The first kappa shape index (κ1) is 17.0. The normalized spacial score (nSPS) is 15.5. The second kappa shape index (κ2) is 9.94. The molecule has 0 fully saturated rings. The zero-order chi connectivity index (χ0) is 13.3. The molecule has 0 rings (SSSR count). The number of hydrogen-bond donors (Lipinski definition) is 1. The second-order valence-electron chi connectivity index (χ2n) is 5.48. The van der Waals surface area contributed by atoms with Crippen LogP contribution in [0.5, 0.6) is 0 Å². The Kier molecular flexibility index (Phi) is 9.91. The highest BCUT2D eigenvalue weighted by atomic mass is 14.8. The summed E-state index contributed by atoms with van der Waals surface area (Å²) in [5, 5.41) is 3.58. The van der Waals surface area contributed by atoms with Gasteiger partial charge in [-0.1, -0.05) is 67.2 Å². The summed E-state index contributed by atoms with van der Waals surface area (Å²) in [5.74, 6) is 3.51. The molecule has 1 nitrogen and oxygen atoms in total. The summed E-state index contributed by atoms with van der Waals surface area (Å²) in [7, 11) is 0. The molecular formula is C16H35N. The maximum Gasteiger partial charge on any atom is -0.00153 e. The molecule has 0 bridgehead atoms.